The van der Waals surface area contributed by atoms with Gasteiger partial charge in [-0.05, 0) is 77.1 Å². The van der Waals surface area contributed by atoms with Gasteiger partial charge in [0.25, 0.3) is 0 Å². The lowest BCUT2D eigenvalue weighted by molar-refractivity contribution is 0.392. The van der Waals surface area contributed by atoms with Crippen LogP contribution in [0.15, 0.2) is 35.4 Å². The van der Waals surface area contributed by atoms with Gasteiger partial charge in [-0.25, -0.2) is 0 Å². The largest absolute Gasteiger partial charge is 0.346 e. The standard InChI is InChI=1S/C27H44N2S/c1-10-12-13-20(11-2)18-29-19-24(30-28-9)17-25(29)21-14-22(26(3,4)5)16-23(15-21)27(6,7)8/h14-17,19-20,28H,10-13,18H2,1-9H3. The Morgan fingerprint density at radius 2 is 1.53 bits per heavy atom. The first-order valence-corrected chi connectivity index (χ1v) is 12.5. The molecule has 1 N–H and O–H groups in total. The van der Waals surface area contributed by atoms with E-state index in [1.807, 2.05) is 7.05 Å². The summed E-state index contributed by atoms with van der Waals surface area (Å²) in [6.45, 7) is 19.6. The molecular weight excluding hydrogens is 384 g/mol. The van der Waals surface area contributed by atoms with Crippen LogP contribution in [-0.4, -0.2) is 11.6 Å². The third kappa shape index (κ3) is 6.65. The van der Waals surface area contributed by atoms with E-state index in [1.54, 1.807) is 11.9 Å². The number of rotatable bonds is 9. The molecule has 0 aliphatic rings. The molecule has 1 heterocycles. The predicted molar refractivity (Wildman–Crippen MR) is 135 cm³/mol. The topological polar surface area (TPSA) is 17.0 Å². The molecule has 168 valence electrons. The minimum atomic E-state index is 0.128. The third-order valence-electron chi connectivity index (χ3n) is 6.05. The van der Waals surface area contributed by atoms with E-state index in [2.05, 4.69) is 95.1 Å². The van der Waals surface area contributed by atoms with Crippen LogP contribution in [0.3, 0.4) is 0 Å². The Balaban J connectivity index is 2.58. The van der Waals surface area contributed by atoms with Crippen molar-refractivity contribution in [2.45, 2.75) is 103 Å². The van der Waals surface area contributed by atoms with Gasteiger partial charge in [-0.3, -0.25) is 4.72 Å². The molecular formula is C27H44N2S. The highest BCUT2D eigenvalue weighted by atomic mass is 32.2. The van der Waals surface area contributed by atoms with Crippen molar-refractivity contribution in [1.82, 2.24) is 9.29 Å². The van der Waals surface area contributed by atoms with E-state index >= 15 is 0 Å². The Kier molecular flexibility index (Phi) is 8.70. The number of unbranched alkanes of at least 4 members (excludes halogenated alkanes) is 1. The van der Waals surface area contributed by atoms with Gasteiger partial charge in [-0.15, -0.1) is 0 Å². The van der Waals surface area contributed by atoms with E-state index in [-0.39, 0.29) is 10.8 Å². The van der Waals surface area contributed by atoms with Crippen molar-refractivity contribution in [3.05, 3.63) is 41.6 Å². The smallest absolute Gasteiger partial charge is 0.0492 e. The molecule has 0 saturated heterocycles. The summed E-state index contributed by atoms with van der Waals surface area (Å²) in [5.74, 6) is 0.733. The number of nitrogens with one attached hydrogen (secondary N) is 1. The van der Waals surface area contributed by atoms with Gasteiger partial charge in [0.15, 0.2) is 0 Å². The first kappa shape index (κ1) is 25.1. The zero-order chi connectivity index (χ0) is 22.5. The zero-order valence-corrected chi connectivity index (χ0v) is 21.7. The summed E-state index contributed by atoms with van der Waals surface area (Å²) >= 11 is 1.71. The molecule has 0 aliphatic heterocycles. The summed E-state index contributed by atoms with van der Waals surface area (Å²) in [7, 11) is 2.00. The van der Waals surface area contributed by atoms with Gasteiger partial charge in [0.05, 0.1) is 0 Å². The maximum absolute atomic E-state index is 3.25. The number of hydrogen-bond donors (Lipinski definition) is 1. The van der Waals surface area contributed by atoms with Crippen LogP contribution >= 0.6 is 11.9 Å². The monoisotopic (exact) mass is 428 g/mol. The summed E-state index contributed by atoms with van der Waals surface area (Å²) in [6.07, 6.45) is 7.49. The van der Waals surface area contributed by atoms with E-state index < -0.39 is 0 Å². The van der Waals surface area contributed by atoms with E-state index in [0.717, 1.165) is 12.5 Å². The second kappa shape index (κ2) is 10.4. The third-order valence-corrected chi connectivity index (χ3v) is 6.71. The van der Waals surface area contributed by atoms with Gasteiger partial charge in [-0.2, -0.15) is 0 Å². The Bertz CT molecular complexity index is 773. The summed E-state index contributed by atoms with van der Waals surface area (Å²) in [5.41, 5.74) is 5.78. The van der Waals surface area contributed by atoms with E-state index in [1.165, 1.54) is 53.0 Å². The minimum Gasteiger partial charge on any atom is -0.346 e. The lowest BCUT2D eigenvalue weighted by atomic mass is 9.79. The lowest BCUT2D eigenvalue weighted by Crippen LogP contribution is -2.17. The van der Waals surface area contributed by atoms with Crippen molar-refractivity contribution in [2.75, 3.05) is 7.05 Å². The van der Waals surface area contributed by atoms with Crippen molar-refractivity contribution in [3.8, 4) is 11.3 Å². The van der Waals surface area contributed by atoms with Crippen LogP contribution in [0.4, 0.5) is 0 Å². The van der Waals surface area contributed by atoms with Gasteiger partial charge in [0, 0.05) is 23.3 Å². The molecule has 0 saturated carbocycles. The highest BCUT2D eigenvalue weighted by Gasteiger charge is 2.22. The van der Waals surface area contributed by atoms with Crippen molar-refractivity contribution >= 4 is 11.9 Å². The van der Waals surface area contributed by atoms with Crippen molar-refractivity contribution in [2.24, 2.45) is 5.92 Å². The Labute approximate surface area is 190 Å². The number of nitrogens with zero attached hydrogens (tertiary/aromatic N) is 1. The second-order valence-corrected chi connectivity index (χ2v) is 11.8. The van der Waals surface area contributed by atoms with E-state index in [0.29, 0.717) is 0 Å². The normalized spacial score (nSPS) is 13.6. The first-order valence-electron chi connectivity index (χ1n) is 11.7. The van der Waals surface area contributed by atoms with Gasteiger partial charge in [-0.1, -0.05) is 80.7 Å². The molecule has 0 amide bonds. The predicted octanol–water partition coefficient (Wildman–Crippen LogP) is 8.19. The van der Waals surface area contributed by atoms with Crippen molar-refractivity contribution in [3.63, 3.8) is 0 Å². The van der Waals surface area contributed by atoms with Gasteiger partial charge >= 0.3 is 0 Å². The highest BCUT2D eigenvalue weighted by molar-refractivity contribution is 7.97. The van der Waals surface area contributed by atoms with Crippen LogP contribution in [0.5, 0.6) is 0 Å². The van der Waals surface area contributed by atoms with Crippen LogP contribution in [0.25, 0.3) is 11.3 Å². The van der Waals surface area contributed by atoms with Crippen LogP contribution in [-0.2, 0) is 17.4 Å². The molecule has 0 bridgehead atoms. The average molecular weight is 429 g/mol. The molecule has 0 aliphatic carbocycles. The summed E-state index contributed by atoms with van der Waals surface area (Å²) in [5, 5.41) is 0. The maximum Gasteiger partial charge on any atom is 0.0492 e. The van der Waals surface area contributed by atoms with Gasteiger partial charge in [0.1, 0.15) is 0 Å². The molecule has 1 aromatic heterocycles. The molecule has 3 heteroatoms. The highest BCUT2D eigenvalue weighted by Crippen LogP contribution is 2.36. The van der Waals surface area contributed by atoms with Crippen LogP contribution in [0.2, 0.25) is 0 Å². The molecule has 0 radical (unpaired) electrons. The van der Waals surface area contributed by atoms with E-state index in [4.69, 9.17) is 0 Å². The molecule has 0 fully saturated rings. The van der Waals surface area contributed by atoms with Crippen molar-refractivity contribution < 1.29 is 0 Å². The molecule has 0 spiro atoms. The molecule has 1 aromatic carbocycles. The fourth-order valence-electron chi connectivity index (χ4n) is 3.89. The Hall–Kier alpha value is -1.19. The molecule has 2 aromatic rings. The summed E-state index contributed by atoms with van der Waals surface area (Å²) in [6, 6.07) is 9.61. The zero-order valence-electron chi connectivity index (χ0n) is 20.9. The van der Waals surface area contributed by atoms with Crippen LogP contribution in [0.1, 0.15) is 92.2 Å². The molecule has 2 rings (SSSR count). The molecule has 1 atom stereocenters. The molecule has 1 unspecified atom stereocenters. The van der Waals surface area contributed by atoms with E-state index in [9.17, 15) is 0 Å². The number of aromatic nitrogens is 1. The summed E-state index contributed by atoms with van der Waals surface area (Å²) < 4.78 is 5.76. The second-order valence-electron chi connectivity index (χ2n) is 10.7. The SMILES string of the molecule is CCCCC(CC)Cn1cc(SNC)cc1-c1cc(C(C)(C)C)cc(C(C)(C)C)c1. The fraction of sp³-hybridized carbons (Fsp3) is 0.630. The Morgan fingerprint density at radius 1 is 0.933 bits per heavy atom. The van der Waals surface area contributed by atoms with Crippen LogP contribution < -0.4 is 4.72 Å². The van der Waals surface area contributed by atoms with Crippen molar-refractivity contribution in [1.29, 1.82) is 0 Å². The average Bonchev–Trinajstić information content (AvgIpc) is 3.06. The summed E-state index contributed by atoms with van der Waals surface area (Å²) in [4.78, 5) is 1.29. The minimum absolute atomic E-state index is 0.128. The molecule has 2 nitrogen and oxygen atoms in total. The van der Waals surface area contributed by atoms with Gasteiger partial charge in [0.2, 0.25) is 0 Å². The van der Waals surface area contributed by atoms with Gasteiger partial charge < -0.3 is 4.57 Å². The van der Waals surface area contributed by atoms with Crippen LogP contribution in [0, 0.1) is 5.92 Å². The molecule has 30 heavy (non-hydrogen) atoms. The lowest BCUT2D eigenvalue weighted by Gasteiger charge is -2.27. The quantitative estimate of drug-likeness (QED) is 0.405. The fourth-order valence-corrected chi connectivity index (χ4v) is 4.48. The Morgan fingerprint density at radius 3 is 2.00 bits per heavy atom. The number of hydrogen-bond acceptors (Lipinski definition) is 2. The maximum atomic E-state index is 3.25. The first-order chi connectivity index (χ1) is 14.0. The number of benzene rings is 1.